The van der Waals surface area contributed by atoms with E-state index in [1.807, 2.05) is 6.92 Å². The molecule has 1 heterocycles. The Labute approximate surface area is 112 Å². The first-order valence-electron chi connectivity index (χ1n) is 6.90. The highest BCUT2D eigenvalue weighted by molar-refractivity contribution is 7.85. The van der Waals surface area contributed by atoms with Crippen LogP contribution >= 0.6 is 0 Å². The summed E-state index contributed by atoms with van der Waals surface area (Å²) in [5.74, 6) is 1.70. The smallest absolute Gasteiger partial charge is 0.0756 e. The third kappa shape index (κ3) is 3.87. The van der Waals surface area contributed by atoms with Crippen LogP contribution in [0.4, 0.5) is 0 Å². The summed E-state index contributed by atoms with van der Waals surface area (Å²) in [7, 11) is -0.818. The van der Waals surface area contributed by atoms with Gasteiger partial charge in [-0.2, -0.15) is 0 Å². The second-order valence-electron chi connectivity index (χ2n) is 5.15. The molecule has 0 aromatic carbocycles. The summed E-state index contributed by atoms with van der Waals surface area (Å²) in [6.07, 6.45) is 12.9. The van der Waals surface area contributed by atoms with E-state index >= 15 is 0 Å². The lowest BCUT2D eigenvalue weighted by molar-refractivity contribution is 0.497. The van der Waals surface area contributed by atoms with E-state index in [0.29, 0.717) is 0 Å². The minimum Gasteiger partial charge on any atom is -0.261 e. The Bertz CT molecular complexity index is 377. The minimum absolute atomic E-state index is 0.00211. The van der Waals surface area contributed by atoms with Gasteiger partial charge in [-0.25, -0.2) is 0 Å². The molecule has 1 fully saturated rings. The molecule has 1 aliphatic rings. The molecule has 2 rings (SSSR count). The number of aromatic nitrogens is 2. The quantitative estimate of drug-likeness (QED) is 0.793. The molecule has 0 aliphatic heterocycles. The number of nitrogens with zero attached hydrogens (tertiary/aromatic N) is 2. The Kier molecular flexibility index (Phi) is 5.29. The van der Waals surface area contributed by atoms with Crippen LogP contribution in [0.25, 0.3) is 0 Å². The van der Waals surface area contributed by atoms with Gasteiger partial charge in [-0.05, 0) is 25.7 Å². The van der Waals surface area contributed by atoms with Gasteiger partial charge in [0.05, 0.1) is 10.9 Å². The Morgan fingerprint density at radius 2 is 2.17 bits per heavy atom. The van der Waals surface area contributed by atoms with Crippen molar-refractivity contribution >= 4 is 10.8 Å². The van der Waals surface area contributed by atoms with E-state index in [0.717, 1.165) is 23.8 Å². The van der Waals surface area contributed by atoms with Gasteiger partial charge in [0.2, 0.25) is 0 Å². The average Bonchev–Trinajstić information content (AvgIpc) is 2.92. The zero-order valence-corrected chi connectivity index (χ0v) is 11.9. The van der Waals surface area contributed by atoms with Crippen molar-refractivity contribution in [2.75, 3.05) is 5.75 Å². The van der Waals surface area contributed by atoms with Gasteiger partial charge in [-0.15, -0.1) is 0 Å². The first kappa shape index (κ1) is 13.7. The fourth-order valence-electron chi connectivity index (χ4n) is 2.65. The van der Waals surface area contributed by atoms with Crippen LogP contribution in [0.2, 0.25) is 0 Å². The molecular formula is C14H22N2OS. The predicted octanol–water partition coefficient (Wildman–Crippen LogP) is 3.26. The van der Waals surface area contributed by atoms with Gasteiger partial charge in [-0.3, -0.25) is 14.2 Å². The van der Waals surface area contributed by atoms with Crippen LogP contribution in [0.1, 0.15) is 56.4 Å². The molecule has 1 aromatic heterocycles. The molecule has 0 bridgehead atoms. The Hall–Kier alpha value is -0.770. The average molecular weight is 266 g/mol. The van der Waals surface area contributed by atoms with Crippen LogP contribution in [0.5, 0.6) is 0 Å². The zero-order chi connectivity index (χ0) is 12.8. The topological polar surface area (TPSA) is 42.9 Å². The van der Waals surface area contributed by atoms with Crippen molar-refractivity contribution in [3.05, 3.63) is 24.3 Å². The lowest BCUT2D eigenvalue weighted by Crippen LogP contribution is -2.09. The fraction of sp³-hybridized carbons (Fsp3) is 0.714. The van der Waals surface area contributed by atoms with Crippen molar-refractivity contribution in [2.45, 2.75) is 50.7 Å². The normalized spacial score (nSPS) is 19.8. The van der Waals surface area contributed by atoms with Crippen molar-refractivity contribution in [2.24, 2.45) is 5.92 Å². The van der Waals surface area contributed by atoms with Gasteiger partial charge in [0.25, 0.3) is 0 Å². The van der Waals surface area contributed by atoms with Gasteiger partial charge in [-0.1, -0.05) is 25.7 Å². The minimum atomic E-state index is -0.818. The van der Waals surface area contributed by atoms with Crippen LogP contribution in [-0.4, -0.2) is 19.9 Å². The fourth-order valence-corrected chi connectivity index (χ4v) is 3.84. The summed E-state index contributed by atoms with van der Waals surface area (Å²) in [5.41, 5.74) is 0.844. The van der Waals surface area contributed by atoms with E-state index in [1.54, 1.807) is 18.6 Å². The molecule has 0 radical (unpaired) electrons. The lowest BCUT2D eigenvalue weighted by Gasteiger charge is -2.12. The third-order valence-corrected chi connectivity index (χ3v) is 5.55. The maximum absolute atomic E-state index is 12.2. The van der Waals surface area contributed by atoms with Crippen LogP contribution in [-0.2, 0) is 10.8 Å². The van der Waals surface area contributed by atoms with Crippen molar-refractivity contribution < 1.29 is 4.21 Å². The summed E-state index contributed by atoms with van der Waals surface area (Å²) in [6.45, 7) is 1.98. The molecular weight excluding hydrogens is 244 g/mol. The molecule has 0 N–H and O–H groups in total. The molecule has 0 spiro atoms. The van der Waals surface area contributed by atoms with E-state index in [4.69, 9.17) is 0 Å². The van der Waals surface area contributed by atoms with E-state index < -0.39 is 10.8 Å². The standard InChI is InChI=1S/C14H22N2OS/c1-12(14-11-15-8-9-16-14)18(17)10-4-7-13-5-2-3-6-13/h8-9,11-13H,2-7,10H2,1H3/t12-,18+/m0/s1. The second-order valence-corrected chi connectivity index (χ2v) is 7.03. The molecule has 1 saturated carbocycles. The van der Waals surface area contributed by atoms with Crippen molar-refractivity contribution in [3.8, 4) is 0 Å². The maximum atomic E-state index is 12.2. The molecule has 0 amide bonds. The Morgan fingerprint density at radius 1 is 1.39 bits per heavy atom. The first-order chi connectivity index (χ1) is 8.77. The van der Waals surface area contributed by atoms with Crippen LogP contribution in [0, 0.1) is 5.92 Å². The van der Waals surface area contributed by atoms with E-state index in [2.05, 4.69) is 9.97 Å². The third-order valence-electron chi connectivity index (χ3n) is 3.83. The summed E-state index contributed by atoms with van der Waals surface area (Å²) in [6, 6.07) is 0. The molecule has 3 nitrogen and oxygen atoms in total. The van der Waals surface area contributed by atoms with Gasteiger partial charge < -0.3 is 0 Å². The molecule has 1 aliphatic carbocycles. The number of hydrogen-bond donors (Lipinski definition) is 0. The summed E-state index contributed by atoms with van der Waals surface area (Å²) < 4.78 is 12.2. The highest BCUT2D eigenvalue weighted by Crippen LogP contribution is 2.29. The number of rotatable bonds is 6. The largest absolute Gasteiger partial charge is 0.261 e. The maximum Gasteiger partial charge on any atom is 0.0756 e. The molecule has 1 aromatic rings. The second kappa shape index (κ2) is 6.98. The van der Waals surface area contributed by atoms with E-state index in [1.165, 1.54) is 32.1 Å². The molecule has 0 saturated heterocycles. The van der Waals surface area contributed by atoms with Gasteiger partial charge in [0, 0.05) is 35.1 Å². The highest BCUT2D eigenvalue weighted by atomic mass is 32.2. The molecule has 0 unspecified atom stereocenters. The monoisotopic (exact) mass is 266 g/mol. The molecule has 100 valence electrons. The number of hydrogen-bond acceptors (Lipinski definition) is 3. The van der Waals surface area contributed by atoms with Gasteiger partial charge in [0.15, 0.2) is 0 Å². The molecule has 4 heteroatoms. The lowest BCUT2D eigenvalue weighted by atomic mass is 10.0. The summed E-state index contributed by atoms with van der Waals surface area (Å²) >= 11 is 0. The predicted molar refractivity (Wildman–Crippen MR) is 74.6 cm³/mol. The SMILES string of the molecule is C[C@@H](c1cnccn1)[S@](=O)CCCC1CCCC1. The van der Waals surface area contributed by atoms with Gasteiger partial charge >= 0.3 is 0 Å². The first-order valence-corrected chi connectivity index (χ1v) is 8.28. The molecule has 2 atom stereocenters. The summed E-state index contributed by atoms with van der Waals surface area (Å²) in [5, 5.41) is 0.00211. The van der Waals surface area contributed by atoms with Gasteiger partial charge in [0.1, 0.15) is 0 Å². The van der Waals surface area contributed by atoms with Crippen molar-refractivity contribution in [1.82, 2.24) is 9.97 Å². The molecule has 18 heavy (non-hydrogen) atoms. The Balaban J connectivity index is 1.74. The van der Waals surface area contributed by atoms with Crippen molar-refractivity contribution in [3.63, 3.8) is 0 Å². The van der Waals surface area contributed by atoms with E-state index in [-0.39, 0.29) is 5.25 Å². The zero-order valence-electron chi connectivity index (χ0n) is 11.0. The summed E-state index contributed by atoms with van der Waals surface area (Å²) in [4.78, 5) is 8.26. The van der Waals surface area contributed by atoms with Crippen LogP contribution in [0.3, 0.4) is 0 Å². The van der Waals surface area contributed by atoms with E-state index in [9.17, 15) is 4.21 Å². The van der Waals surface area contributed by atoms with Crippen LogP contribution < -0.4 is 0 Å². The van der Waals surface area contributed by atoms with Crippen molar-refractivity contribution in [1.29, 1.82) is 0 Å². The highest BCUT2D eigenvalue weighted by Gasteiger charge is 2.17. The Morgan fingerprint density at radius 3 is 2.83 bits per heavy atom. The van der Waals surface area contributed by atoms with Crippen LogP contribution in [0.15, 0.2) is 18.6 Å².